The maximum Gasteiger partial charge on any atom is 0.308 e. The molecule has 0 saturated carbocycles. The Morgan fingerprint density at radius 1 is 1.32 bits per heavy atom. The first-order valence-electron chi connectivity index (χ1n) is 6.89. The number of benzene rings is 1. The van der Waals surface area contributed by atoms with Gasteiger partial charge in [-0.3, -0.25) is 14.4 Å². The number of likely N-dealkylation sites (tertiary alicyclic amines) is 1. The molecule has 1 aliphatic heterocycles. The highest BCUT2D eigenvalue weighted by molar-refractivity contribution is 5.79. The Morgan fingerprint density at radius 2 is 2.09 bits per heavy atom. The van der Waals surface area contributed by atoms with E-state index in [4.69, 9.17) is 5.11 Å². The second-order valence-electron chi connectivity index (χ2n) is 5.23. The van der Waals surface area contributed by atoms with Gasteiger partial charge in [-0.25, -0.2) is 4.68 Å². The minimum absolute atomic E-state index is 0.171. The zero-order valence-corrected chi connectivity index (χ0v) is 11.7. The Kier molecular flexibility index (Phi) is 3.58. The van der Waals surface area contributed by atoms with Gasteiger partial charge in [0.25, 0.3) is 5.56 Å². The fourth-order valence-electron chi connectivity index (χ4n) is 2.54. The van der Waals surface area contributed by atoms with Crippen LogP contribution in [0.2, 0.25) is 0 Å². The highest BCUT2D eigenvalue weighted by Crippen LogP contribution is 2.16. The van der Waals surface area contributed by atoms with E-state index in [0.717, 1.165) is 4.68 Å². The summed E-state index contributed by atoms with van der Waals surface area (Å²) >= 11 is 0. The molecule has 1 N–H and O–H groups in total. The van der Waals surface area contributed by atoms with Gasteiger partial charge in [-0.15, -0.1) is 5.10 Å². The van der Waals surface area contributed by atoms with Crippen LogP contribution in [0.5, 0.6) is 0 Å². The number of rotatable bonds is 3. The van der Waals surface area contributed by atoms with Gasteiger partial charge in [-0.1, -0.05) is 17.3 Å². The Bertz CT molecular complexity index is 801. The van der Waals surface area contributed by atoms with Crippen LogP contribution in [0, 0.1) is 5.92 Å². The van der Waals surface area contributed by atoms with Crippen molar-refractivity contribution in [3.8, 4) is 0 Å². The second kappa shape index (κ2) is 5.55. The Labute approximate surface area is 125 Å². The molecule has 1 aromatic heterocycles. The molecular formula is C14H14N4O4. The number of nitrogens with zero attached hydrogens (tertiary/aromatic N) is 4. The zero-order valence-electron chi connectivity index (χ0n) is 11.7. The number of fused-ring (bicyclic) bond motifs is 1. The zero-order chi connectivity index (χ0) is 15.7. The lowest BCUT2D eigenvalue weighted by Gasteiger charge is -2.15. The van der Waals surface area contributed by atoms with Crippen LogP contribution >= 0.6 is 0 Å². The average molecular weight is 302 g/mol. The van der Waals surface area contributed by atoms with E-state index in [-0.39, 0.29) is 24.6 Å². The normalized spacial score (nSPS) is 17.8. The lowest BCUT2D eigenvalue weighted by Crippen LogP contribution is -2.37. The number of carboxylic acids is 1. The van der Waals surface area contributed by atoms with Crippen LogP contribution < -0.4 is 5.56 Å². The van der Waals surface area contributed by atoms with Crippen LogP contribution in [0.3, 0.4) is 0 Å². The third-order valence-corrected chi connectivity index (χ3v) is 3.80. The first-order chi connectivity index (χ1) is 10.6. The number of aliphatic carboxylic acids is 1. The van der Waals surface area contributed by atoms with Gasteiger partial charge in [0.15, 0.2) is 0 Å². The molecule has 22 heavy (non-hydrogen) atoms. The topological polar surface area (TPSA) is 105 Å². The number of amides is 1. The maximum atomic E-state index is 12.2. The number of carbonyl (C=O) groups is 2. The molecule has 0 radical (unpaired) electrons. The monoisotopic (exact) mass is 302 g/mol. The molecule has 0 aliphatic carbocycles. The van der Waals surface area contributed by atoms with Crippen molar-refractivity contribution in [3.63, 3.8) is 0 Å². The smallest absolute Gasteiger partial charge is 0.308 e. The van der Waals surface area contributed by atoms with Gasteiger partial charge in [0.05, 0.1) is 11.3 Å². The summed E-state index contributed by atoms with van der Waals surface area (Å²) in [4.78, 5) is 36.8. The van der Waals surface area contributed by atoms with E-state index in [2.05, 4.69) is 10.3 Å². The predicted molar refractivity (Wildman–Crippen MR) is 76.1 cm³/mol. The molecule has 1 saturated heterocycles. The number of aromatic nitrogens is 3. The quantitative estimate of drug-likeness (QED) is 0.836. The molecule has 0 unspecified atom stereocenters. The minimum Gasteiger partial charge on any atom is -0.481 e. The van der Waals surface area contributed by atoms with Gasteiger partial charge in [-0.2, -0.15) is 0 Å². The van der Waals surface area contributed by atoms with Gasteiger partial charge in [0, 0.05) is 13.1 Å². The molecule has 2 heterocycles. The minimum atomic E-state index is -0.905. The molecule has 0 bridgehead atoms. The molecule has 0 spiro atoms. The molecule has 2 aromatic rings. The summed E-state index contributed by atoms with van der Waals surface area (Å²) in [7, 11) is 0. The third kappa shape index (κ3) is 2.54. The Morgan fingerprint density at radius 3 is 2.82 bits per heavy atom. The van der Waals surface area contributed by atoms with Crippen LogP contribution in [0.4, 0.5) is 0 Å². The van der Waals surface area contributed by atoms with Gasteiger partial charge in [-0.05, 0) is 18.6 Å². The molecule has 3 rings (SSSR count). The van der Waals surface area contributed by atoms with Crippen LogP contribution in [-0.2, 0) is 16.1 Å². The Balaban J connectivity index is 1.79. The summed E-state index contributed by atoms with van der Waals surface area (Å²) in [5.41, 5.74) is 0.0937. The van der Waals surface area contributed by atoms with Gasteiger partial charge in [0.2, 0.25) is 5.91 Å². The first kappa shape index (κ1) is 14.2. The Hall–Kier alpha value is -2.77. The second-order valence-corrected chi connectivity index (χ2v) is 5.23. The molecule has 1 aromatic carbocycles. The van der Waals surface area contributed by atoms with Crippen LogP contribution in [-0.4, -0.2) is 50.0 Å². The standard InChI is InChI=1S/C14H14N4O4/c19-12(17-6-5-9(7-17)14(21)22)8-18-13(20)10-3-1-2-4-11(10)15-16-18/h1-4,9H,5-8H2,(H,21,22)/t9-/m1/s1. The van der Waals surface area contributed by atoms with Gasteiger partial charge in [0.1, 0.15) is 12.1 Å². The third-order valence-electron chi connectivity index (χ3n) is 3.80. The highest BCUT2D eigenvalue weighted by atomic mass is 16.4. The highest BCUT2D eigenvalue weighted by Gasteiger charge is 2.31. The summed E-state index contributed by atoms with van der Waals surface area (Å²) in [5.74, 6) is -1.77. The summed E-state index contributed by atoms with van der Waals surface area (Å²) < 4.78 is 1.01. The molecule has 1 aliphatic rings. The van der Waals surface area contributed by atoms with E-state index < -0.39 is 11.9 Å². The summed E-state index contributed by atoms with van der Waals surface area (Å²) in [6, 6.07) is 6.77. The first-order valence-corrected chi connectivity index (χ1v) is 6.89. The molecule has 1 fully saturated rings. The average Bonchev–Trinajstić information content (AvgIpc) is 3.00. The molecular weight excluding hydrogens is 288 g/mol. The number of hydrogen-bond donors (Lipinski definition) is 1. The van der Waals surface area contributed by atoms with E-state index in [0.29, 0.717) is 23.9 Å². The van der Waals surface area contributed by atoms with Crippen molar-refractivity contribution in [1.82, 2.24) is 19.9 Å². The van der Waals surface area contributed by atoms with Crippen molar-refractivity contribution in [3.05, 3.63) is 34.6 Å². The lowest BCUT2D eigenvalue weighted by molar-refractivity contribution is -0.141. The SMILES string of the molecule is O=C(O)[C@@H]1CCN(C(=O)Cn2nnc3ccccc3c2=O)C1. The van der Waals surface area contributed by atoms with E-state index >= 15 is 0 Å². The van der Waals surface area contributed by atoms with Crippen LogP contribution in [0.1, 0.15) is 6.42 Å². The van der Waals surface area contributed by atoms with E-state index in [1.807, 2.05) is 0 Å². The maximum absolute atomic E-state index is 12.2. The lowest BCUT2D eigenvalue weighted by atomic mass is 10.1. The van der Waals surface area contributed by atoms with E-state index in [1.54, 1.807) is 24.3 Å². The van der Waals surface area contributed by atoms with E-state index in [1.165, 1.54) is 4.90 Å². The molecule has 114 valence electrons. The molecule has 1 amide bonds. The van der Waals surface area contributed by atoms with Crippen molar-refractivity contribution >= 4 is 22.8 Å². The fourth-order valence-corrected chi connectivity index (χ4v) is 2.54. The van der Waals surface area contributed by atoms with Crippen molar-refractivity contribution in [2.24, 2.45) is 5.92 Å². The largest absolute Gasteiger partial charge is 0.481 e. The van der Waals surface area contributed by atoms with Crippen LogP contribution in [0.15, 0.2) is 29.1 Å². The van der Waals surface area contributed by atoms with Crippen molar-refractivity contribution in [1.29, 1.82) is 0 Å². The summed E-state index contributed by atoms with van der Waals surface area (Å²) in [5, 5.41) is 17.0. The summed E-state index contributed by atoms with van der Waals surface area (Å²) in [6.07, 6.45) is 0.430. The van der Waals surface area contributed by atoms with Gasteiger partial charge >= 0.3 is 5.97 Å². The van der Waals surface area contributed by atoms with Crippen molar-refractivity contribution < 1.29 is 14.7 Å². The van der Waals surface area contributed by atoms with Crippen LogP contribution in [0.25, 0.3) is 10.9 Å². The summed E-state index contributed by atoms with van der Waals surface area (Å²) in [6.45, 7) is 0.318. The molecule has 8 nitrogen and oxygen atoms in total. The van der Waals surface area contributed by atoms with Crippen molar-refractivity contribution in [2.45, 2.75) is 13.0 Å². The number of hydrogen-bond acceptors (Lipinski definition) is 5. The van der Waals surface area contributed by atoms with Crippen molar-refractivity contribution in [2.75, 3.05) is 13.1 Å². The fraction of sp³-hybridized carbons (Fsp3) is 0.357. The molecule has 8 heteroatoms. The van der Waals surface area contributed by atoms with E-state index in [9.17, 15) is 14.4 Å². The predicted octanol–water partition coefficient (Wildman–Crippen LogP) is -0.275. The van der Waals surface area contributed by atoms with Gasteiger partial charge < -0.3 is 10.0 Å². The molecule has 1 atom stereocenters. The number of carboxylic acid groups (broad SMARTS) is 1. The number of carbonyl (C=O) groups excluding carboxylic acids is 1.